The Labute approximate surface area is 204 Å². The standard InChI is InChI=1S/C22H24N6O2S3/c1-5-10-28-19(15-11-31-16-9-7-6-8-14(15)16)25-26-22(28)32-12-17(29)24-21-23-13(2)18(33-21)20(30)27(3)4/h6-9,11H,5,10,12H2,1-4H3,(H,23,24,29). The number of nitrogens with zero attached hydrogens (tertiary/aromatic N) is 5. The van der Waals surface area contributed by atoms with Crippen molar-refractivity contribution < 1.29 is 9.59 Å². The molecule has 0 bridgehead atoms. The molecule has 11 heteroatoms. The third-order valence-corrected chi connectivity index (χ3v) is 7.85. The van der Waals surface area contributed by atoms with Crippen molar-refractivity contribution in [3.63, 3.8) is 0 Å². The number of benzene rings is 1. The molecule has 0 saturated heterocycles. The van der Waals surface area contributed by atoms with E-state index in [9.17, 15) is 9.59 Å². The molecule has 4 aromatic rings. The fourth-order valence-corrected chi connectivity index (χ4v) is 6.02. The summed E-state index contributed by atoms with van der Waals surface area (Å²) in [4.78, 5) is 31.1. The van der Waals surface area contributed by atoms with Crippen LogP contribution in [0.2, 0.25) is 0 Å². The Morgan fingerprint density at radius 2 is 2.00 bits per heavy atom. The second-order valence-corrected chi connectivity index (χ2v) is 10.4. The first-order valence-corrected chi connectivity index (χ1v) is 13.1. The Morgan fingerprint density at radius 3 is 2.76 bits per heavy atom. The van der Waals surface area contributed by atoms with Crippen molar-refractivity contribution >= 4 is 61.5 Å². The van der Waals surface area contributed by atoms with Crippen molar-refractivity contribution in [3.8, 4) is 11.4 Å². The highest BCUT2D eigenvalue weighted by Crippen LogP contribution is 2.34. The first-order chi connectivity index (χ1) is 15.9. The molecule has 3 heterocycles. The van der Waals surface area contributed by atoms with Gasteiger partial charge in [-0.2, -0.15) is 0 Å². The number of hydrogen-bond donors (Lipinski definition) is 1. The largest absolute Gasteiger partial charge is 0.344 e. The molecule has 33 heavy (non-hydrogen) atoms. The van der Waals surface area contributed by atoms with E-state index >= 15 is 0 Å². The van der Waals surface area contributed by atoms with Gasteiger partial charge in [-0.3, -0.25) is 9.59 Å². The average molecular weight is 501 g/mol. The van der Waals surface area contributed by atoms with Gasteiger partial charge in [0.25, 0.3) is 5.91 Å². The SMILES string of the molecule is CCCn1c(SCC(=O)Nc2nc(C)c(C(=O)N(C)C)s2)nnc1-c1csc2ccccc12. The summed E-state index contributed by atoms with van der Waals surface area (Å²) in [5.41, 5.74) is 1.67. The molecule has 2 amide bonds. The van der Waals surface area contributed by atoms with Gasteiger partial charge in [0.15, 0.2) is 16.1 Å². The number of aromatic nitrogens is 4. The Kier molecular flexibility index (Phi) is 7.11. The van der Waals surface area contributed by atoms with E-state index in [1.807, 2.05) is 12.1 Å². The van der Waals surface area contributed by atoms with Crippen molar-refractivity contribution in [1.29, 1.82) is 0 Å². The topological polar surface area (TPSA) is 93.0 Å². The van der Waals surface area contributed by atoms with Gasteiger partial charge in [-0.25, -0.2) is 4.98 Å². The first-order valence-electron chi connectivity index (χ1n) is 10.4. The Morgan fingerprint density at radius 1 is 1.21 bits per heavy atom. The number of aryl methyl sites for hydroxylation is 1. The van der Waals surface area contributed by atoms with Crippen molar-refractivity contribution in [3.05, 3.63) is 40.2 Å². The number of hydrogen-bond acceptors (Lipinski definition) is 8. The molecule has 0 fully saturated rings. The minimum atomic E-state index is -0.203. The third-order valence-electron chi connectivity index (χ3n) is 4.86. The van der Waals surface area contributed by atoms with Crippen LogP contribution in [-0.2, 0) is 11.3 Å². The lowest BCUT2D eigenvalue weighted by Crippen LogP contribution is -2.21. The molecular weight excluding hydrogens is 476 g/mol. The number of fused-ring (bicyclic) bond motifs is 1. The van der Waals surface area contributed by atoms with Gasteiger partial charge in [-0.05, 0) is 19.4 Å². The van der Waals surface area contributed by atoms with Crippen molar-refractivity contribution in [2.75, 3.05) is 25.2 Å². The number of carbonyl (C=O) groups excluding carboxylic acids is 2. The monoisotopic (exact) mass is 500 g/mol. The lowest BCUT2D eigenvalue weighted by atomic mass is 10.1. The quantitative estimate of drug-likeness (QED) is 0.351. The van der Waals surface area contributed by atoms with Crippen LogP contribution < -0.4 is 5.32 Å². The maximum Gasteiger partial charge on any atom is 0.265 e. The highest BCUT2D eigenvalue weighted by atomic mass is 32.2. The molecule has 1 N–H and O–H groups in total. The maximum atomic E-state index is 12.6. The van der Waals surface area contributed by atoms with E-state index in [-0.39, 0.29) is 17.6 Å². The third kappa shape index (κ3) is 4.94. The number of nitrogens with one attached hydrogen (secondary N) is 1. The number of amides is 2. The summed E-state index contributed by atoms with van der Waals surface area (Å²) in [6, 6.07) is 8.25. The Balaban J connectivity index is 1.48. The lowest BCUT2D eigenvalue weighted by molar-refractivity contribution is -0.113. The summed E-state index contributed by atoms with van der Waals surface area (Å²) in [6.45, 7) is 4.63. The molecule has 0 unspecified atom stereocenters. The Hall–Kier alpha value is -2.76. The van der Waals surface area contributed by atoms with Crippen molar-refractivity contribution in [1.82, 2.24) is 24.6 Å². The zero-order valence-corrected chi connectivity index (χ0v) is 21.2. The van der Waals surface area contributed by atoms with Gasteiger partial charge in [0, 0.05) is 41.7 Å². The minimum absolute atomic E-state index is 0.124. The predicted octanol–water partition coefficient (Wildman–Crippen LogP) is 4.77. The molecule has 3 aromatic heterocycles. The molecule has 8 nitrogen and oxygen atoms in total. The van der Waals surface area contributed by atoms with Gasteiger partial charge >= 0.3 is 0 Å². The number of thiophene rings is 1. The number of carbonyl (C=O) groups is 2. The van der Waals surface area contributed by atoms with Crippen LogP contribution in [0.25, 0.3) is 21.5 Å². The van der Waals surface area contributed by atoms with E-state index < -0.39 is 0 Å². The van der Waals surface area contributed by atoms with Crippen LogP contribution in [0.5, 0.6) is 0 Å². The molecule has 0 aliphatic carbocycles. The van der Waals surface area contributed by atoms with Gasteiger partial charge in [0.1, 0.15) is 4.88 Å². The maximum absolute atomic E-state index is 12.6. The molecule has 1 aromatic carbocycles. The fourth-order valence-electron chi connectivity index (χ4n) is 3.31. The molecule has 0 radical (unpaired) electrons. The van der Waals surface area contributed by atoms with E-state index in [0.717, 1.165) is 29.7 Å². The van der Waals surface area contributed by atoms with E-state index in [4.69, 9.17) is 0 Å². The zero-order valence-electron chi connectivity index (χ0n) is 18.8. The number of rotatable bonds is 8. The summed E-state index contributed by atoms with van der Waals surface area (Å²) in [5.74, 6) is 0.661. The van der Waals surface area contributed by atoms with Crippen LogP contribution in [0.4, 0.5) is 5.13 Å². The summed E-state index contributed by atoms with van der Waals surface area (Å²) >= 11 is 4.21. The second-order valence-electron chi connectivity index (χ2n) is 7.57. The van der Waals surface area contributed by atoms with Crippen LogP contribution in [0.15, 0.2) is 34.8 Å². The molecule has 0 saturated carbocycles. The predicted molar refractivity (Wildman–Crippen MR) is 135 cm³/mol. The van der Waals surface area contributed by atoms with Crippen LogP contribution in [0, 0.1) is 6.92 Å². The number of anilines is 1. The second kappa shape index (κ2) is 10.0. The van der Waals surface area contributed by atoms with E-state index in [0.29, 0.717) is 20.9 Å². The van der Waals surface area contributed by atoms with Gasteiger partial charge < -0.3 is 14.8 Å². The van der Waals surface area contributed by atoms with Crippen LogP contribution in [0.3, 0.4) is 0 Å². The molecule has 0 aliphatic rings. The van der Waals surface area contributed by atoms with Crippen LogP contribution in [0.1, 0.15) is 28.7 Å². The zero-order chi connectivity index (χ0) is 23.5. The van der Waals surface area contributed by atoms with Gasteiger partial charge in [0.05, 0.1) is 11.4 Å². The highest BCUT2D eigenvalue weighted by Gasteiger charge is 2.20. The summed E-state index contributed by atoms with van der Waals surface area (Å²) in [7, 11) is 3.38. The van der Waals surface area contributed by atoms with Crippen LogP contribution in [-0.4, -0.2) is 56.3 Å². The van der Waals surface area contributed by atoms with E-state index in [2.05, 4.69) is 49.5 Å². The summed E-state index contributed by atoms with van der Waals surface area (Å²) in [5, 5.41) is 16.0. The Bertz CT molecular complexity index is 1310. The van der Waals surface area contributed by atoms with Gasteiger partial charge in [-0.1, -0.05) is 48.2 Å². The summed E-state index contributed by atoms with van der Waals surface area (Å²) < 4.78 is 3.28. The highest BCUT2D eigenvalue weighted by molar-refractivity contribution is 7.99. The fraction of sp³-hybridized carbons (Fsp3) is 0.318. The average Bonchev–Trinajstić information content (AvgIpc) is 3.48. The normalized spacial score (nSPS) is 11.2. The number of thioether (sulfide) groups is 1. The molecule has 0 spiro atoms. The first kappa shape index (κ1) is 23.4. The number of thiazole rings is 1. The minimum Gasteiger partial charge on any atom is -0.344 e. The van der Waals surface area contributed by atoms with E-state index in [1.54, 1.807) is 32.4 Å². The molecular formula is C22H24N6O2S3. The van der Waals surface area contributed by atoms with Crippen molar-refractivity contribution in [2.24, 2.45) is 0 Å². The van der Waals surface area contributed by atoms with Crippen LogP contribution >= 0.6 is 34.4 Å². The van der Waals surface area contributed by atoms with Crippen molar-refractivity contribution in [2.45, 2.75) is 32.0 Å². The molecule has 0 aliphatic heterocycles. The smallest absolute Gasteiger partial charge is 0.265 e. The molecule has 172 valence electrons. The molecule has 4 rings (SSSR count). The summed E-state index contributed by atoms with van der Waals surface area (Å²) in [6.07, 6.45) is 0.925. The van der Waals surface area contributed by atoms with E-state index in [1.165, 1.54) is 32.7 Å². The molecule has 0 atom stereocenters. The van der Waals surface area contributed by atoms with Gasteiger partial charge in [0.2, 0.25) is 5.91 Å². The lowest BCUT2D eigenvalue weighted by Gasteiger charge is -2.08. The van der Waals surface area contributed by atoms with Gasteiger partial charge in [-0.15, -0.1) is 21.5 Å².